The van der Waals surface area contributed by atoms with Crippen molar-refractivity contribution in [2.45, 2.75) is 62.3 Å². The number of carboxylic acid groups (broad SMARTS) is 1. The van der Waals surface area contributed by atoms with Crippen molar-refractivity contribution >= 4 is 16.0 Å². The number of aliphatic carboxylic acids is 1. The molecule has 5 nitrogen and oxygen atoms in total. The summed E-state index contributed by atoms with van der Waals surface area (Å²) < 4.78 is 28.3. The third-order valence-corrected chi connectivity index (χ3v) is 6.91. The Bertz CT molecular complexity index is 899. The number of hydrogen-bond donors (Lipinski definition) is 2. The normalized spacial score (nSPS) is 16.6. The van der Waals surface area contributed by atoms with Crippen molar-refractivity contribution in [2.75, 3.05) is 0 Å². The van der Waals surface area contributed by atoms with Gasteiger partial charge in [0.05, 0.1) is 17.4 Å². The highest BCUT2D eigenvalue weighted by molar-refractivity contribution is 7.89. The lowest BCUT2D eigenvalue weighted by atomic mass is 9.84. The van der Waals surface area contributed by atoms with Gasteiger partial charge >= 0.3 is 5.97 Å². The van der Waals surface area contributed by atoms with E-state index in [0.717, 1.165) is 18.4 Å². The van der Waals surface area contributed by atoms with E-state index in [0.29, 0.717) is 11.5 Å². The lowest BCUT2D eigenvalue weighted by molar-refractivity contribution is -0.137. The standard InChI is InChI=1S/C22H27NO4S/c1-16-7-9-19(10-8-16)21(15-22(24)25)23-28(26,27)20-13-11-18(12-14-20)17-5-3-2-4-6-17/h7-14,17,21,23H,2-6,15H2,1H3,(H,24,25)/t21-/m0/s1. The predicted molar refractivity (Wildman–Crippen MR) is 109 cm³/mol. The number of rotatable bonds is 7. The molecule has 0 spiro atoms. The van der Waals surface area contributed by atoms with Crippen LogP contribution in [-0.2, 0) is 14.8 Å². The lowest BCUT2D eigenvalue weighted by Crippen LogP contribution is -2.30. The summed E-state index contributed by atoms with van der Waals surface area (Å²) in [4.78, 5) is 11.4. The first-order valence-electron chi connectivity index (χ1n) is 9.76. The SMILES string of the molecule is Cc1ccc([C@H](CC(=O)O)NS(=O)(=O)c2ccc(C3CCCCC3)cc2)cc1. The molecular weight excluding hydrogens is 374 g/mol. The summed E-state index contributed by atoms with van der Waals surface area (Å²) in [7, 11) is -3.82. The second kappa shape index (κ2) is 8.88. The molecule has 2 N–H and O–H groups in total. The number of carboxylic acids is 1. The van der Waals surface area contributed by atoms with Crippen molar-refractivity contribution in [1.29, 1.82) is 0 Å². The maximum Gasteiger partial charge on any atom is 0.305 e. The average molecular weight is 402 g/mol. The number of carbonyl (C=O) groups is 1. The van der Waals surface area contributed by atoms with Crippen molar-refractivity contribution in [3.05, 3.63) is 65.2 Å². The minimum Gasteiger partial charge on any atom is -0.481 e. The summed E-state index contributed by atoms with van der Waals surface area (Å²) in [6.45, 7) is 1.92. The fourth-order valence-corrected chi connectivity index (χ4v) is 5.04. The zero-order valence-electron chi connectivity index (χ0n) is 16.1. The van der Waals surface area contributed by atoms with Crippen molar-refractivity contribution < 1.29 is 18.3 Å². The molecule has 1 atom stereocenters. The molecule has 28 heavy (non-hydrogen) atoms. The van der Waals surface area contributed by atoms with Crippen molar-refractivity contribution in [1.82, 2.24) is 4.72 Å². The Hall–Kier alpha value is -2.18. The molecule has 0 amide bonds. The smallest absolute Gasteiger partial charge is 0.305 e. The van der Waals surface area contributed by atoms with Gasteiger partial charge < -0.3 is 5.11 Å². The van der Waals surface area contributed by atoms with Gasteiger partial charge in [-0.05, 0) is 48.9 Å². The molecule has 1 aliphatic rings. The highest BCUT2D eigenvalue weighted by Gasteiger charge is 2.24. The fourth-order valence-electron chi connectivity index (χ4n) is 3.81. The van der Waals surface area contributed by atoms with Gasteiger partial charge in [0.2, 0.25) is 10.0 Å². The minimum absolute atomic E-state index is 0.162. The molecule has 0 heterocycles. The van der Waals surface area contributed by atoms with E-state index in [9.17, 15) is 18.3 Å². The van der Waals surface area contributed by atoms with Crippen LogP contribution in [0.4, 0.5) is 0 Å². The van der Waals surface area contributed by atoms with Gasteiger partial charge in [-0.15, -0.1) is 0 Å². The Labute approximate surface area is 166 Å². The van der Waals surface area contributed by atoms with E-state index in [-0.39, 0.29) is 11.3 Å². The van der Waals surface area contributed by atoms with Crippen LogP contribution in [-0.4, -0.2) is 19.5 Å². The number of hydrogen-bond acceptors (Lipinski definition) is 3. The molecule has 1 aliphatic carbocycles. The number of nitrogens with one attached hydrogen (secondary N) is 1. The quantitative estimate of drug-likeness (QED) is 0.714. The molecule has 0 aromatic heterocycles. The summed E-state index contributed by atoms with van der Waals surface area (Å²) in [5.74, 6) is -0.549. The van der Waals surface area contributed by atoms with Gasteiger partial charge in [0.1, 0.15) is 0 Å². The molecule has 0 saturated heterocycles. The Morgan fingerprint density at radius 3 is 2.21 bits per heavy atom. The van der Waals surface area contributed by atoms with E-state index >= 15 is 0 Å². The third-order valence-electron chi connectivity index (χ3n) is 5.42. The van der Waals surface area contributed by atoms with Crippen LogP contribution in [0.3, 0.4) is 0 Å². The van der Waals surface area contributed by atoms with E-state index in [1.54, 1.807) is 24.3 Å². The number of benzene rings is 2. The molecular formula is C22H27NO4S. The molecule has 1 fully saturated rings. The summed E-state index contributed by atoms with van der Waals surface area (Å²) in [6, 6.07) is 13.4. The maximum atomic E-state index is 12.8. The van der Waals surface area contributed by atoms with Crippen LogP contribution < -0.4 is 4.72 Å². The molecule has 1 saturated carbocycles. The second-order valence-electron chi connectivity index (χ2n) is 7.59. The third kappa shape index (κ3) is 5.20. The topological polar surface area (TPSA) is 83.5 Å². The van der Waals surface area contributed by atoms with Gasteiger partial charge in [0.15, 0.2) is 0 Å². The van der Waals surface area contributed by atoms with E-state index < -0.39 is 22.0 Å². The summed E-state index contributed by atoms with van der Waals surface area (Å²) >= 11 is 0. The molecule has 2 aromatic rings. The zero-order chi connectivity index (χ0) is 20.1. The van der Waals surface area contributed by atoms with Gasteiger partial charge in [-0.25, -0.2) is 13.1 Å². The molecule has 2 aromatic carbocycles. The first-order valence-corrected chi connectivity index (χ1v) is 11.2. The average Bonchev–Trinajstić information content (AvgIpc) is 2.68. The van der Waals surface area contributed by atoms with Crippen LogP contribution in [0.1, 0.15) is 67.2 Å². The Balaban J connectivity index is 1.79. The second-order valence-corrected chi connectivity index (χ2v) is 9.30. The molecule has 0 unspecified atom stereocenters. The highest BCUT2D eigenvalue weighted by atomic mass is 32.2. The van der Waals surface area contributed by atoms with Crippen molar-refractivity contribution in [3.8, 4) is 0 Å². The van der Waals surface area contributed by atoms with Gasteiger partial charge in [0.25, 0.3) is 0 Å². The van der Waals surface area contributed by atoms with E-state index in [2.05, 4.69) is 4.72 Å². The van der Waals surface area contributed by atoms with Crippen molar-refractivity contribution in [2.24, 2.45) is 0 Å². The number of sulfonamides is 1. The molecule has 0 radical (unpaired) electrons. The molecule has 0 bridgehead atoms. The van der Waals surface area contributed by atoms with Crippen LogP contribution in [0, 0.1) is 6.92 Å². The summed E-state index contributed by atoms with van der Waals surface area (Å²) in [5.41, 5.74) is 2.84. The summed E-state index contributed by atoms with van der Waals surface area (Å²) in [6.07, 6.45) is 5.70. The van der Waals surface area contributed by atoms with Crippen LogP contribution in [0.5, 0.6) is 0 Å². The van der Waals surface area contributed by atoms with Gasteiger partial charge in [-0.2, -0.15) is 0 Å². The molecule has 150 valence electrons. The summed E-state index contributed by atoms with van der Waals surface area (Å²) in [5, 5.41) is 9.21. The highest BCUT2D eigenvalue weighted by Crippen LogP contribution is 2.33. The first kappa shape index (κ1) is 20.6. The minimum atomic E-state index is -3.82. The Morgan fingerprint density at radius 1 is 1.04 bits per heavy atom. The van der Waals surface area contributed by atoms with E-state index in [1.165, 1.54) is 24.8 Å². The van der Waals surface area contributed by atoms with E-state index in [4.69, 9.17) is 0 Å². The monoisotopic (exact) mass is 401 g/mol. The fraction of sp³-hybridized carbons (Fsp3) is 0.409. The van der Waals surface area contributed by atoms with Crippen LogP contribution in [0.15, 0.2) is 53.4 Å². The lowest BCUT2D eigenvalue weighted by Gasteiger charge is -2.22. The molecule has 6 heteroatoms. The van der Waals surface area contributed by atoms with Gasteiger partial charge in [0, 0.05) is 0 Å². The van der Waals surface area contributed by atoms with Gasteiger partial charge in [-0.3, -0.25) is 4.79 Å². The zero-order valence-corrected chi connectivity index (χ0v) is 16.9. The van der Waals surface area contributed by atoms with Crippen LogP contribution in [0.2, 0.25) is 0 Å². The van der Waals surface area contributed by atoms with Gasteiger partial charge in [-0.1, -0.05) is 61.2 Å². The number of aryl methyl sites for hydroxylation is 1. The maximum absolute atomic E-state index is 12.8. The van der Waals surface area contributed by atoms with Crippen LogP contribution in [0.25, 0.3) is 0 Å². The Morgan fingerprint density at radius 2 is 1.64 bits per heavy atom. The Kier molecular flexibility index (Phi) is 6.52. The predicted octanol–water partition coefficient (Wildman–Crippen LogP) is 4.54. The van der Waals surface area contributed by atoms with E-state index in [1.807, 2.05) is 31.2 Å². The van der Waals surface area contributed by atoms with Crippen LogP contribution >= 0.6 is 0 Å². The molecule has 3 rings (SSSR count). The largest absolute Gasteiger partial charge is 0.481 e. The molecule has 0 aliphatic heterocycles. The van der Waals surface area contributed by atoms with Crippen molar-refractivity contribution in [3.63, 3.8) is 0 Å². The first-order chi connectivity index (χ1) is 13.3.